The van der Waals surface area contributed by atoms with Crippen LogP contribution in [0.1, 0.15) is 10.4 Å². The summed E-state index contributed by atoms with van der Waals surface area (Å²) in [7, 11) is 1.47. The second-order valence-corrected chi connectivity index (χ2v) is 4.56. The normalized spacial score (nSPS) is 10.0. The maximum absolute atomic E-state index is 13.1. The zero-order valence-corrected chi connectivity index (χ0v) is 12.2. The van der Waals surface area contributed by atoms with Crippen LogP contribution in [0.15, 0.2) is 42.5 Å². The van der Waals surface area contributed by atoms with Gasteiger partial charge in [0.25, 0.3) is 5.91 Å². The molecular weight excluding hydrogens is 306 g/mol. The van der Waals surface area contributed by atoms with Gasteiger partial charge in [-0.15, -0.1) is 0 Å². The van der Waals surface area contributed by atoms with Crippen molar-refractivity contribution in [2.75, 3.05) is 19.0 Å². The van der Waals surface area contributed by atoms with Gasteiger partial charge in [-0.25, -0.2) is 8.78 Å². The number of nitrogens with one attached hydrogen (secondary N) is 2. The maximum Gasteiger partial charge on any atom is 0.251 e. The van der Waals surface area contributed by atoms with Gasteiger partial charge in [0.15, 0.2) is 11.6 Å². The molecule has 2 N–H and O–H groups in total. The monoisotopic (exact) mass is 320 g/mol. The molecule has 0 spiro atoms. The maximum atomic E-state index is 13.1. The van der Waals surface area contributed by atoms with E-state index in [4.69, 9.17) is 4.74 Å². The highest BCUT2D eigenvalue weighted by Crippen LogP contribution is 2.22. The predicted octanol–water partition coefficient (Wildman–Crippen LogP) is 2.34. The number of methoxy groups -OCH3 is 1. The van der Waals surface area contributed by atoms with E-state index in [2.05, 4.69) is 10.6 Å². The highest BCUT2D eigenvalue weighted by Gasteiger charge is 2.12. The lowest BCUT2D eigenvalue weighted by atomic mass is 10.2. The fourth-order valence-corrected chi connectivity index (χ4v) is 1.84. The lowest BCUT2D eigenvalue weighted by molar-refractivity contribution is -0.115. The molecule has 0 heterocycles. The van der Waals surface area contributed by atoms with Crippen LogP contribution in [0.25, 0.3) is 0 Å². The van der Waals surface area contributed by atoms with E-state index in [1.54, 1.807) is 24.3 Å². The molecule has 7 heteroatoms. The number of halogens is 2. The Hall–Kier alpha value is -2.96. The van der Waals surface area contributed by atoms with Gasteiger partial charge in [-0.2, -0.15) is 0 Å². The minimum Gasteiger partial charge on any atom is -0.495 e. The van der Waals surface area contributed by atoms with Crippen LogP contribution in [0, 0.1) is 11.6 Å². The minimum absolute atomic E-state index is 0.0750. The van der Waals surface area contributed by atoms with Crippen molar-refractivity contribution in [1.82, 2.24) is 5.32 Å². The molecule has 23 heavy (non-hydrogen) atoms. The number of para-hydroxylation sites is 2. The average Bonchev–Trinajstić information content (AvgIpc) is 2.55. The van der Waals surface area contributed by atoms with Gasteiger partial charge < -0.3 is 15.4 Å². The van der Waals surface area contributed by atoms with Crippen molar-refractivity contribution in [2.24, 2.45) is 0 Å². The minimum atomic E-state index is -1.13. The van der Waals surface area contributed by atoms with Gasteiger partial charge >= 0.3 is 0 Å². The summed E-state index contributed by atoms with van der Waals surface area (Å²) in [6.45, 7) is -0.324. The molecule has 5 nitrogen and oxygen atoms in total. The first-order chi connectivity index (χ1) is 11.0. The zero-order valence-electron chi connectivity index (χ0n) is 12.2. The molecule has 0 bridgehead atoms. The van der Waals surface area contributed by atoms with Gasteiger partial charge in [0.05, 0.1) is 19.3 Å². The van der Waals surface area contributed by atoms with Gasteiger partial charge in [-0.05, 0) is 30.3 Å². The summed E-state index contributed by atoms with van der Waals surface area (Å²) in [5.74, 6) is -2.86. The van der Waals surface area contributed by atoms with Crippen LogP contribution < -0.4 is 15.4 Å². The molecule has 0 fully saturated rings. The number of anilines is 1. The molecular formula is C16H14F2N2O3. The summed E-state index contributed by atoms with van der Waals surface area (Å²) in [5.41, 5.74) is 0.385. The van der Waals surface area contributed by atoms with Crippen LogP contribution in [0.5, 0.6) is 5.75 Å². The largest absolute Gasteiger partial charge is 0.495 e. The molecule has 0 aliphatic carbocycles. The highest BCUT2D eigenvalue weighted by molar-refractivity contribution is 5.99. The average molecular weight is 320 g/mol. The molecule has 0 unspecified atom stereocenters. The number of benzene rings is 2. The van der Waals surface area contributed by atoms with Crippen LogP contribution in [-0.4, -0.2) is 25.5 Å². The predicted molar refractivity (Wildman–Crippen MR) is 80.3 cm³/mol. The highest BCUT2D eigenvalue weighted by atomic mass is 19.2. The lowest BCUT2D eigenvalue weighted by Crippen LogP contribution is -2.33. The number of rotatable bonds is 5. The first-order valence-electron chi connectivity index (χ1n) is 6.67. The van der Waals surface area contributed by atoms with Crippen molar-refractivity contribution in [3.63, 3.8) is 0 Å². The Morgan fingerprint density at radius 3 is 2.52 bits per heavy atom. The van der Waals surface area contributed by atoms with Crippen LogP contribution >= 0.6 is 0 Å². The van der Waals surface area contributed by atoms with E-state index >= 15 is 0 Å². The third kappa shape index (κ3) is 4.26. The lowest BCUT2D eigenvalue weighted by Gasteiger charge is -2.10. The molecule has 0 saturated heterocycles. The molecule has 0 atom stereocenters. The van der Waals surface area contributed by atoms with Gasteiger partial charge in [0.1, 0.15) is 5.75 Å². The first-order valence-corrected chi connectivity index (χ1v) is 6.67. The molecule has 0 aliphatic rings. The molecule has 2 aromatic carbocycles. The Morgan fingerprint density at radius 1 is 1.09 bits per heavy atom. The summed E-state index contributed by atoms with van der Waals surface area (Å²) in [5, 5.41) is 4.90. The van der Waals surface area contributed by atoms with Gasteiger partial charge in [-0.3, -0.25) is 9.59 Å². The van der Waals surface area contributed by atoms with E-state index in [-0.39, 0.29) is 12.1 Å². The topological polar surface area (TPSA) is 67.4 Å². The Kier molecular flexibility index (Phi) is 5.24. The van der Waals surface area contributed by atoms with Crippen molar-refractivity contribution < 1.29 is 23.1 Å². The molecule has 0 aliphatic heterocycles. The van der Waals surface area contributed by atoms with Crippen molar-refractivity contribution in [3.8, 4) is 5.75 Å². The zero-order chi connectivity index (χ0) is 16.8. The number of hydrogen-bond donors (Lipinski definition) is 2. The van der Waals surface area contributed by atoms with Crippen molar-refractivity contribution in [1.29, 1.82) is 0 Å². The quantitative estimate of drug-likeness (QED) is 0.888. The summed E-state index contributed by atoms with van der Waals surface area (Å²) >= 11 is 0. The molecule has 2 aromatic rings. The van der Waals surface area contributed by atoms with E-state index in [0.717, 1.165) is 18.2 Å². The molecule has 0 radical (unpaired) electrons. The van der Waals surface area contributed by atoms with Crippen molar-refractivity contribution in [2.45, 2.75) is 0 Å². The molecule has 2 rings (SSSR count). The number of carbonyl (C=O) groups is 2. The van der Waals surface area contributed by atoms with Crippen LogP contribution in [-0.2, 0) is 4.79 Å². The molecule has 2 amide bonds. The summed E-state index contributed by atoms with van der Waals surface area (Å²) in [6.07, 6.45) is 0. The summed E-state index contributed by atoms with van der Waals surface area (Å²) in [4.78, 5) is 23.6. The Morgan fingerprint density at radius 2 is 1.83 bits per heavy atom. The van der Waals surface area contributed by atoms with Crippen LogP contribution in [0.2, 0.25) is 0 Å². The number of hydrogen-bond acceptors (Lipinski definition) is 3. The van der Waals surface area contributed by atoms with Gasteiger partial charge in [-0.1, -0.05) is 12.1 Å². The number of carbonyl (C=O) groups excluding carboxylic acids is 2. The van der Waals surface area contributed by atoms with Crippen LogP contribution in [0.4, 0.5) is 14.5 Å². The molecule has 0 aromatic heterocycles. The Bertz CT molecular complexity index is 735. The van der Waals surface area contributed by atoms with E-state index in [0.29, 0.717) is 11.4 Å². The van der Waals surface area contributed by atoms with E-state index in [9.17, 15) is 18.4 Å². The fourth-order valence-electron chi connectivity index (χ4n) is 1.84. The SMILES string of the molecule is COc1ccccc1NC(=O)CNC(=O)c1ccc(F)c(F)c1. The van der Waals surface area contributed by atoms with Crippen molar-refractivity contribution in [3.05, 3.63) is 59.7 Å². The Labute approximate surface area is 131 Å². The van der Waals surface area contributed by atoms with Crippen molar-refractivity contribution >= 4 is 17.5 Å². The molecule has 120 valence electrons. The standard InChI is InChI=1S/C16H14F2N2O3/c1-23-14-5-3-2-4-13(14)20-15(21)9-19-16(22)10-6-7-11(17)12(18)8-10/h2-8H,9H2,1H3,(H,19,22)(H,20,21). The summed E-state index contributed by atoms with van der Waals surface area (Å²) < 4.78 is 31.0. The molecule has 0 saturated carbocycles. The van der Waals surface area contributed by atoms with Crippen LogP contribution in [0.3, 0.4) is 0 Å². The first kappa shape index (κ1) is 16.4. The number of amides is 2. The van der Waals surface area contributed by atoms with E-state index in [1.807, 2.05) is 0 Å². The summed E-state index contributed by atoms with van der Waals surface area (Å²) in [6, 6.07) is 9.54. The third-order valence-corrected chi connectivity index (χ3v) is 2.97. The fraction of sp³-hybridized carbons (Fsp3) is 0.125. The van der Waals surface area contributed by atoms with Gasteiger partial charge in [0.2, 0.25) is 5.91 Å². The van der Waals surface area contributed by atoms with E-state index in [1.165, 1.54) is 7.11 Å². The second kappa shape index (κ2) is 7.35. The van der Waals surface area contributed by atoms with Gasteiger partial charge in [0, 0.05) is 5.56 Å². The van der Waals surface area contributed by atoms with E-state index < -0.39 is 23.4 Å². The second-order valence-electron chi connectivity index (χ2n) is 4.56. The number of ether oxygens (including phenoxy) is 1. The smallest absolute Gasteiger partial charge is 0.251 e. The third-order valence-electron chi connectivity index (χ3n) is 2.97. The Balaban J connectivity index is 1.93.